The average molecular weight is 207 g/mol. The lowest BCUT2D eigenvalue weighted by molar-refractivity contribution is -0.137. The molecule has 3 heteroatoms. The van der Waals surface area contributed by atoms with E-state index in [9.17, 15) is 4.79 Å². The molecule has 0 aliphatic carbocycles. The molecule has 0 aliphatic heterocycles. The van der Waals surface area contributed by atoms with E-state index in [1.165, 1.54) is 5.56 Å². The van der Waals surface area contributed by atoms with E-state index < -0.39 is 5.97 Å². The first-order chi connectivity index (χ1) is 7.13. The predicted octanol–water partition coefficient (Wildman–Crippen LogP) is 1.59. The third-order valence-electron chi connectivity index (χ3n) is 2.42. The van der Waals surface area contributed by atoms with Gasteiger partial charge < -0.3 is 10.8 Å². The molecule has 1 rings (SSSR count). The molecule has 0 unspecified atom stereocenters. The summed E-state index contributed by atoms with van der Waals surface area (Å²) < 4.78 is 0. The van der Waals surface area contributed by atoms with Gasteiger partial charge in [-0.15, -0.1) is 0 Å². The molecule has 0 heterocycles. The molecule has 3 N–H and O–H groups in total. The van der Waals surface area contributed by atoms with Gasteiger partial charge in [-0.3, -0.25) is 4.79 Å². The Labute approximate surface area is 89.9 Å². The number of aryl methyl sites for hydroxylation is 1. The molecule has 0 saturated heterocycles. The van der Waals surface area contributed by atoms with Crippen LogP contribution in [0.5, 0.6) is 0 Å². The van der Waals surface area contributed by atoms with Crippen molar-refractivity contribution in [3.8, 4) is 0 Å². The van der Waals surface area contributed by atoms with E-state index in [0.717, 1.165) is 12.0 Å². The van der Waals surface area contributed by atoms with Crippen LogP contribution in [0.4, 0.5) is 0 Å². The van der Waals surface area contributed by atoms with Gasteiger partial charge in [-0.2, -0.15) is 0 Å². The van der Waals surface area contributed by atoms with Crippen molar-refractivity contribution >= 4 is 5.97 Å². The smallest absolute Gasteiger partial charge is 0.304 e. The molecule has 1 aromatic rings. The second-order valence-corrected chi connectivity index (χ2v) is 3.68. The maximum Gasteiger partial charge on any atom is 0.304 e. The molecule has 15 heavy (non-hydrogen) atoms. The lowest BCUT2D eigenvalue weighted by Gasteiger charge is -2.12. The number of benzene rings is 1. The Bertz CT molecular complexity index is 336. The summed E-state index contributed by atoms with van der Waals surface area (Å²) in [6.07, 6.45) is 1.62. The highest BCUT2D eigenvalue weighted by Gasteiger charge is 2.10. The largest absolute Gasteiger partial charge is 0.481 e. The topological polar surface area (TPSA) is 63.3 Å². The lowest BCUT2D eigenvalue weighted by atomic mass is 9.98. The van der Waals surface area contributed by atoms with Crippen LogP contribution in [0.15, 0.2) is 24.3 Å². The summed E-state index contributed by atoms with van der Waals surface area (Å²) in [5.41, 5.74) is 8.16. The molecular weight excluding hydrogens is 190 g/mol. The molecule has 0 spiro atoms. The molecule has 0 aromatic heterocycles. The van der Waals surface area contributed by atoms with Crippen molar-refractivity contribution in [2.75, 3.05) is 0 Å². The number of carboxylic acid groups (broad SMARTS) is 1. The fourth-order valence-corrected chi connectivity index (χ4v) is 1.68. The van der Waals surface area contributed by atoms with E-state index in [2.05, 4.69) is 13.0 Å². The average Bonchev–Trinajstić information content (AvgIpc) is 2.17. The second kappa shape index (κ2) is 5.51. The van der Waals surface area contributed by atoms with Crippen molar-refractivity contribution in [3.63, 3.8) is 0 Å². The number of aliphatic carboxylic acids is 1. The standard InChI is InChI=1S/C12H17NO2/c1-2-9-5-3-4-6-10(9)7-11(13)8-12(14)15/h3-6,11H,2,7-8,13H2,1H3,(H,14,15)/t11-/m1/s1. The molecule has 3 nitrogen and oxygen atoms in total. The second-order valence-electron chi connectivity index (χ2n) is 3.68. The van der Waals surface area contributed by atoms with Crippen LogP contribution < -0.4 is 5.73 Å². The Morgan fingerprint density at radius 3 is 2.53 bits per heavy atom. The van der Waals surface area contributed by atoms with Gasteiger partial charge in [-0.25, -0.2) is 0 Å². The van der Waals surface area contributed by atoms with Gasteiger partial charge in [0, 0.05) is 6.04 Å². The van der Waals surface area contributed by atoms with Crippen molar-refractivity contribution in [2.45, 2.75) is 32.2 Å². The molecular formula is C12H17NO2. The van der Waals surface area contributed by atoms with Crippen LogP contribution in [0.25, 0.3) is 0 Å². The zero-order valence-electron chi connectivity index (χ0n) is 8.94. The van der Waals surface area contributed by atoms with Gasteiger partial charge in [0.1, 0.15) is 0 Å². The van der Waals surface area contributed by atoms with Gasteiger partial charge >= 0.3 is 5.97 Å². The van der Waals surface area contributed by atoms with Crippen LogP contribution in [0, 0.1) is 0 Å². The highest BCUT2D eigenvalue weighted by atomic mass is 16.4. The Hall–Kier alpha value is -1.35. The fourth-order valence-electron chi connectivity index (χ4n) is 1.68. The number of rotatable bonds is 5. The molecule has 0 bridgehead atoms. The zero-order chi connectivity index (χ0) is 11.3. The number of carbonyl (C=O) groups is 1. The first-order valence-corrected chi connectivity index (χ1v) is 5.17. The summed E-state index contributed by atoms with van der Waals surface area (Å²) in [6, 6.07) is 7.73. The summed E-state index contributed by atoms with van der Waals surface area (Å²) >= 11 is 0. The minimum absolute atomic E-state index is 0.0258. The lowest BCUT2D eigenvalue weighted by Crippen LogP contribution is -2.26. The highest BCUT2D eigenvalue weighted by Crippen LogP contribution is 2.12. The zero-order valence-corrected chi connectivity index (χ0v) is 8.94. The van der Waals surface area contributed by atoms with E-state index in [4.69, 9.17) is 10.8 Å². The first-order valence-electron chi connectivity index (χ1n) is 5.17. The summed E-state index contributed by atoms with van der Waals surface area (Å²) in [6.45, 7) is 2.08. The van der Waals surface area contributed by atoms with Crippen LogP contribution in [-0.2, 0) is 17.6 Å². The maximum absolute atomic E-state index is 10.5. The van der Waals surface area contributed by atoms with Crippen LogP contribution in [0.1, 0.15) is 24.5 Å². The summed E-state index contributed by atoms with van der Waals surface area (Å²) in [5, 5.41) is 8.61. The molecule has 0 radical (unpaired) electrons. The Morgan fingerprint density at radius 2 is 2.00 bits per heavy atom. The van der Waals surface area contributed by atoms with Gasteiger partial charge in [0.15, 0.2) is 0 Å². The quantitative estimate of drug-likeness (QED) is 0.770. The SMILES string of the molecule is CCc1ccccc1C[C@@H](N)CC(=O)O. The molecule has 1 atom stereocenters. The maximum atomic E-state index is 10.5. The summed E-state index contributed by atoms with van der Waals surface area (Å²) in [4.78, 5) is 10.5. The minimum Gasteiger partial charge on any atom is -0.481 e. The molecule has 0 aliphatic rings. The monoisotopic (exact) mass is 207 g/mol. The number of nitrogens with two attached hydrogens (primary N) is 1. The third-order valence-corrected chi connectivity index (χ3v) is 2.42. The normalized spacial score (nSPS) is 12.4. The van der Waals surface area contributed by atoms with E-state index in [1.54, 1.807) is 0 Å². The first kappa shape index (κ1) is 11.7. The van der Waals surface area contributed by atoms with E-state index in [-0.39, 0.29) is 12.5 Å². The molecule has 0 amide bonds. The van der Waals surface area contributed by atoms with Crippen molar-refractivity contribution < 1.29 is 9.90 Å². The van der Waals surface area contributed by atoms with Crippen LogP contribution >= 0.6 is 0 Å². The van der Waals surface area contributed by atoms with E-state index >= 15 is 0 Å². The van der Waals surface area contributed by atoms with Gasteiger partial charge in [0.25, 0.3) is 0 Å². The minimum atomic E-state index is -0.837. The van der Waals surface area contributed by atoms with Crippen LogP contribution in [-0.4, -0.2) is 17.1 Å². The molecule has 82 valence electrons. The van der Waals surface area contributed by atoms with Crippen LogP contribution in [0.3, 0.4) is 0 Å². The van der Waals surface area contributed by atoms with Gasteiger partial charge in [0.05, 0.1) is 6.42 Å². The van der Waals surface area contributed by atoms with Gasteiger partial charge in [0.2, 0.25) is 0 Å². The summed E-state index contributed by atoms with van der Waals surface area (Å²) in [7, 11) is 0. The highest BCUT2D eigenvalue weighted by molar-refractivity contribution is 5.67. The molecule has 0 saturated carbocycles. The van der Waals surface area contributed by atoms with Crippen molar-refractivity contribution in [1.82, 2.24) is 0 Å². The Morgan fingerprint density at radius 1 is 1.40 bits per heavy atom. The fraction of sp³-hybridized carbons (Fsp3) is 0.417. The van der Waals surface area contributed by atoms with Crippen LogP contribution in [0.2, 0.25) is 0 Å². The number of carboxylic acids is 1. The Kier molecular flexibility index (Phi) is 4.31. The predicted molar refractivity (Wildman–Crippen MR) is 59.8 cm³/mol. The molecule has 1 aromatic carbocycles. The summed E-state index contributed by atoms with van der Waals surface area (Å²) in [5.74, 6) is -0.837. The Balaban J connectivity index is 2.67. The van der Waals surface area contributed by atoms with Gasteiger partial charge in [-0.1, -0.05) is 31.2 Å². The number of hydrogen-bond acceptors (Lipinski definition) is 2. The van der Waals surface area contributed by atoms with Gasteiger partial charge in [-0.05, 0) is 24.0 Å². The van der Waals surface area contributed by atoms with Crippen molar-refractivity contribution in [3.05, 3.63) is 35.4 Å². The van der Waals surface area contributed by atoms with E-state index in [0.29, 0.717) is 6.42 Å². The van der Waals surface area contributed by atoms with E-state index in [1.807, 2.05) is 18.2 Å². The molecule has 0 fully saturated rings. The van der Waals surface area contributed by atoms with Crippen molar-refractivity contribution in [2.24, 2.45) is 5.73 Å². The third kappa shape index (κ3) is 3.72. The van der Waals surface area contributed by atoms with Crippen molar-refractivity contribution in [1.29, 1.82) is 0 Å². The number of hydrogen-bond donors (Lipinski definition) is 2.